The van der Waals surface area contributed by atoms with Gasteiger partial charge in [0.25, 0.3) is 0 Å². The molecule has 58 valence electrons. The molecule has 1 aromatic rings. The van der Waals surface area contributed by atoms with Gasteiger partial charge in [0, 0.05) is 0 Å². The smallest absolute Gasteiger partial charge is 0.153 e. The lowest BCUT2D eigenvalue weighted by Crippen LogP contribution is -1.94. The van der Waals surface area contributed by atoms with E-state index in [1.807, 2.05) is 0 Å². The summed E-state index contributed by atoms with van der Waals surface area (Å²) in [6.45, 7) is 3.36. The lowest BCUT2D eigenvalue weighted by molar-refractivity contribution is 0.111. The van der Waals surface area contributed by atoms with Gasteiger partial charge in [0.2, 0.25) is 0 Å². The SMILES string of the molecule is Cc1ccc(C)c(C=O)c1F. The Bertz CT molecular complexity index is 292. The Morgan fingerprint density at radius 1 is 1.27 bits per heavy atom. The number of halogens is 1. The summed E-state index contributed by atoms with van der Waals surface area (Å²) < 4.78 is 13.0. The zero-order valence-electron chi connectivity index (χ0n) is 6.52. The fraction of sp³-hybridized carbons (Fsp3) is 0.222. The highest BCUT2D eigenvalue weighted by Crippen LogP contribution is 2.13. The highest BCUT2D eigenvalue weighted by atomic mass is 19.1. The van der Waals surface area contributed by atoms with Crippen molar-refractivity contribution in [2.24, 2.45) is 0 Å². The Balaban J connectivity index is 3.40. The molecule has 1 nitrogen and oxygen atoms in total. The summed E-state index contributed by atoms with van der Waals surface area (Å²) >= 11 is 0. The minimum absolute atomic E-state index is 0.171. The number of rotatable bonds is 1. The summed E-state index contributed by atoms with van der Waals surface area (Å²) in [6.07, 6.45) is 0.553. The van der Waals surface area contributed by atoms with Crippen LogP contribution in [0.1, 0.15) is 21.5 Å². The highest BCUT2D eigenvalue weighted by molar-refractivity contribution is 5.77. The molecule has 0 unspecified atom stereocenters. The lowest BCUT2D eigenvalue weighted by Gasteiger charge is -2.01. The Kier molecular flexibility index (Phi) is 2.03. The minimum Gasteiger partial charge on any atom is -0.298 e. The molecule has 1 aromatic carbocycles. The highest BCUT2D eigenvalue weighted by Gasteiger charge is 2.05. The first-order valence-corrected chi connectivity index (χ1v) is 3.37. The molecule has 0 aromatic heterocycles. The fourth-order valence-electron chi connectivity index (χ4n) is 0.943. The van der Waals surface area contributed by atoms with Crippen LogP contribution in [0.15, 0.2) is 12.1 Å². The second-order valence-corrected chi connectivity index (χ2v) is 2.54. The van der Waals surface area contributed by atoms with Crippen molar-refractivity contribution in [1.29, 1.82) is 0 Å². The monoisotopic (exact) mass is 152 g/mol. The Morgan fingerprint density at radius 2 is 1.82 bits per heavy atom. The van der Waals surface area contributed by atoms with Crippen molar-refractivity contribution in [3.05, 3.63) is 34.6 Å². The zero-order valence-corrected chi connectivity index (χ0v) is 6.52. The molecule has 11 heavy (non-hydrogen) atoms. The molecule has 0 heterocycles. The van der Waals surface area contributed by atoms with Gasteiger partial charge in [-0.05, 0) is 25.0 Å². The molecule has 0 amide bonds. The van der Waals surface area contributed by atoms with E-state index in [0.29, 0.717) is 17.4 Å². The summed E-state index contributed by atoms with van der Waals surface area (Å²) in [5.74, 6) is -0.403. The number of carbonyl (C=O) groups excluding carboxylic acids is 1. The molecule has 0 saturated heterocycles. The van der Waals surface area contributed by atoms with Crippen molar-refractivity contribution in [2.45, 2.75) is 13.8 Å². The number of carbonyl (C=O) groups is 1. The van der Waals surface area contributed by atoms with E-state index in [2.05, 4.69) is 0 Å². The topological polar surface area (TPSA) is 17.1 Å². The fourth-order valence-corrected chi connectivity index (χ4v) is 0.943. The summed E-state index contributed by atoms with van der Waals surface area (Å²) in [5, 5.41) is 0. The average Bonchev–Trinajstić information content (AvgIpc) is 1.99. The molecule has 0 atom stereocenters. The first-order chi connectivity index (χ1) is 5.16. The predicted octanol–water partition coefficient (Wildman–Crippen LogP) is 2.26. The van der Waals surface area contributed by atoms with Crippen LogP contribution in [0.2, 0.25) is 0 Å². The van der Waals surface area contributed by atoms with E-state index in [1.54, 1.807) is 26.0 Å². The maximum absolute atomic E-state index is 13.0. The third-order valence-electron chi connectivity index (χ3n) is 1.71. The van der Waals surface area contributed by atoms with E-state index >= 15 is 0 Å². The van der Waals surface area contributed by atoms with Gasteiger partial charge in [-0.15, -0.1) is 0 Å². The van der Waals surface area contributed by atoms with Crippen molar-refractivity contribution in [1.82, 2.24) is 0 Å². The second kappa shape index (κ2) is 2.82. The van der Waals surface area contributed by atoms with Gasteiger partial charge < -0.3 is 0 Å². The van der Waals surface area contributed by atoms with Gasteiger partial charge in [0.1, 0.15) is 5.82 Å². The van der Waals surface area contributed by atoms with Crippen molar-refractivity contribution in [3.63, 3.8) is 0 Å². The number of hydrogen-bond acceptors (Lipinski definition) is 1. The van der Waals surface area contributed by atoms with E-state index in [4.69, 9.17) is 0 Å². The van der Waals surface area contributed by atoms with Gasteiger partial charge in [-0.2, -0.15) is 0 Å². The van der Waals surface area contributed by atoms with Gasteiger partial charge in [-0.25, -0.2) is 4.39 Å². The Labute approximate surface area is 64.9 Å². The van der Waals surface area contributed by atoms with Crippen LogP contribution in [0.5, 0.6) is 0 Å². The first-order valence-electron chi connectivity index (χ1n) is 3.37. The van der Waals surface area contributed by atoms with Gasteiger partial charge in [0.05, 0.1) is 5.56 Å². The summed E-state index contributed by atoms with van der Waals surface area (Å²) in [7, 11) is 0. The summed E-state index contributed by atoms with van der Waals surface area (Å²) in [4.78, 5) is 10.4. The molecule has 1 rings (SSSR count). The van der Waals surface area contributed by atoms with Crippen molar-refractivity contribution in [2.75, 3.05) is 0 Å². The predicted molar refractivity (Wildman–Crippen MR) is 41.3 cm³/mol. The molecular weight excluding hydrogens is 143 g/mol. The van der Waals surface area contributed by atoms with E-state index in [0.717, 1.165) is 0 Å². The molecule has 0 radical (unpaired) electrons. The molecule has 0 aliphatic rings. The van der Waals surface area contributed by atoms with Crippen molar-refractivity contribution >= 4 is 6.29 Å². The lowest BCUT2D eigenvalue weighted by atomic mass is 10.1. The van der Waals surface area contributed by atoms with Crippen LogP contribution in [0.25, 0.3) is 0 Å². The van der Waals surface area contributed by atoms with Crippen LogP contribution >= 0.6 is 0 Å². The zero-order chi connectivity index (χ0) is 8.43. The van der Waals surface area contributed by atoms with Crippen LogP contribution in [-0.4, -0.2) is 6.29 Å². The third kappa shape index (κ3) is 1.29. The van der Waals surface area contributed by atoms with Crippen LogP contribution in [0.3, 0.4) is 0 Å². The van der Waals surface area contributed by atoms with Crippen molar-refractivity contribution < 1.29 is 9.18 Å². The Morgan fingerprint density at radius 3 is 2.27 bits per heavy atom. The minimum atomic E-state index is -0.403. The van der Waals surface area contributed by atoms with Crippen LogP contribution in [-0.2, 0) is 0 Å². The third-order valence-corrected chi connectivity index (χ3v) is 1.71. The molecule has 0 fully saturated rings. The average molecular weight is 152 g/mol. The number of aldehydes is 1. The normalized spacial score (nSPS) is 9.73. The molecule has 0 aliphatic carbocycles. The quantitative estimate of drug-likeness (QED) is 0.564. The molecule has 0 bridgehead atoms. The van der Waals surface area contributed by atoms with Crippen LogP contribution < -0.4 is 0 Å². The van der Waals surface area contributed by atoms with Crippen LogP contribution in [0, 0.1) is 19.7 Å². The number of hydrogen-bond donors (Lipinski definition) is 0. The van der Waals surface area contributed by atoms with Crippen LogP contribution in [0.4, 0.5) is 4.39 Å². The maximum atomic E-state index is 13.0. The van der Waals surface area contributed by atoms with E-state index in [9.17, 15) is 9.18 Å². The van der Waals surface area contributed by atoms with E-state index in [1.165, 1.54) is 0 Å². The van der Waals surface area contributed by atoms with Gasteiger partial charge in [-0.1, -0.05) is 12.1 Å². The molecule has 0 spiro atoms. The summed E-state index contributed by atoms with van der Waals surface area (Å²) in [6, 6.07) is 3.40. The molecule has 2 heteroatoms. The Hall–Kier alpha value is -1.18. The summed E-state index contributed by atoms with van der Waals surface area (Å²) in [5.41, 5.74) is 1.37. The molecule has 0 aliphatic heterocycles. The molecular formula is C9H9FO. The first kappa shape index (κ1) is 7.92. The van der Waals surface area contributed by atoms with E-state index in [-0.39, 0.29) is 5.56 Å². The van der Waals surface area contributed by atoms with E-state index < -0.39 is 5.82 Å². The van der Waals surface area contributed by atoms with Gasteiger partial charge >= 0.3 is 0 Å². The second-order valence-electron chi connectivity index (χ2n) is 2.54. The van der Waals surface area contributed by atoms with Gasteiger partial charge in [0.15, 0.2) is 6.29 Å². The molecule has 0 N–H and O–H groups in total. The maximum Gasteiger partial charge on any atom is 0.153 e. The molecule has 0 saturated carbocycles. The van der Waals surface area contributed by atoms with Gasteiger partial charge in [-0.3, -0.25) is 4.79 Å². The standard InChI is InChI=1S/C9H9FO/c1-6-3-4-7(2)9(10)8(6)5-11/h3-5H,1-2H3. The van der Waals surface area contributed by atoms with Crippen molar-refractivity contribution in [3.8, 4) is 0 Å². The number of aryl methyl sites for hydroxylation is 2. The number of benzene rings is 1. The largest absolute Gasteiger partial charge is 0.298 e.